The summed E-state index contributed by atoms with van der Waals surface area (Å²) in [5.41, 5.74) is 2.03. The summed E-state index contributed by atoms with van der Waals surface area (Å²) in [7, 11) is 0. The number of nitrogens with zero attached hydrogens (tertiary/aromatic N) is 2. The summed E-state index contributed by atoms with van der Waals surface area (Å²) >= 11 is 7.68. The first kappa shape index (κ1) is 15.9. The average Bonchev–Trinajstić information content (AvgIpc) is 3.06. The van der Waals surface area contributed by atoms with Crippen LogP contribution in [0.2, 0.25) is 5.02 Å². The van der Waals surface area contributed by atoms with Gasteiger partial charge in [-0.2, -0.15) is 0 Å². The van der Waals surface area contributed by atoms with E-state index in [2.05, 4.69) is 23.1 Å². The molecule has 1 aromatic heterocycles. The number of aromatic nitrogens is 1. The van der Waals surface area contributed by atoms with Crippen molar-refractivity contribution in [1.29, 1.82) is 0 Å². The molecular formula is C19H19ClN2OS. The quantitative estimate of drug-likeness (QED) is 0.723. The molecule has 1 fully saturated rings. The summed E-state index contributed by atoms with van der Waals surface area (Å²) in [5, 5.41) is 12.4. The molecule has 5 heteroatoms. The Kier molecular flexibility index (Phi) is 4.44. The lowest BCUT2D eigenvalue weighted by Crippen LogP contribution is -2.35. The van der Waals surface area contributed by atoms with Crippen LogP contribution < -0.4 is 4.90 Å². The van der Waals surface area contributed by atoms with Crippen molar-refractivity contribution in [3.05, 3.63) is 59.1 Å². The fourth-order valence-corrected chi connectivity index (χ4v) is 4.48. The van der Waals surface area contributed by atoms with E-state index >= 15 is 0 Å². The van der Waals surface area contributed by atoms with Crippen LogP contribution in [0.1, 0.15) is 24.5 Å². The molecule has 0 radical (unpaired) electrons. The molecule has 1 aliphatic rings. The first-order valence-electron chi connectivity index (χ1n) is 8.25. The lowest BCUT2D eigenvalue weighted by Gasteiger charge is -2.34. The first-order chi connectivity index (χ1) is 11.7. The zero-order chi connectivity index (χ0) is 16.5. The Morgan fingerprint density at radius 3 is 2.50 bits per heavy atom. The lowest BCUT2D eigenvalue weighted by atomic mass is 9.87. The number of anilines is 1. The summed E-state index contributed by atoms with van der Waals surface area (Å²) in [4.78, 5) is 7.08. The highest BCUT2D eigenvalue weighted by atomic mass is 35.5. The number of thiazole rings is 1. The maximum Gasteiger partial charge on any atom is 0.186 e. The van der Waals surface area contributed by atoms with Crippen molar-refractivity contribution in [1.82, 2.24) is 4.98 Å². The fraction of sp³-hybridized carbons (Fsp3) is 0.316. The zero-order valence-electron chi connectivity index (χ0n) is 13.2. The van der Waals surface area contributed by atoms with Crippen molar-refractivity contribution >= 4 is 38.3 Å². The van der Waals surface area contributed by atoms with Gasteiger partial charge < -0.3 is 10.0 Å². The third kappa shape index (κ3) is 3.14. The number of aliphatic hydroxyl groups is 1. The summed E-state index contributed by atoms with van der Waals surface area (Å²) in [6.07, 6.45) is 1.53. The van der Waals surface area contributed by atoms with Crippen molar-refractivity contribution in [2.75, 3.05) is 18.0 Å². The van der Waals surface area contributed by atoms with Gasteiger partial charge >= 0.3 is 0 Å². The van der Waals surface area contributed by atoms with Crippen molar-refractivity contribution in [2.45, 2.75) is 18.9 Å². The Morgan fingerprint density at radius 1 is 1.08 bits per heavy atom. The molecule has 0 amide bonds. The minimum Gasteiger partial charge on any atom is -0.388 e. The second-order valence-corrected chi connectivity index (χ2v) is 7.73. The second-order valence-electron chi connectivity index (χ2n) is 6.29. The topological polar surface area (TPSA) is 36.4 Å². The summed E-state index contributed by atoms with van der Waals surface area (Å²) < 4.78 is 1.23. The van der Waals surface area contributed by atoms with Gasteiger partial charge in [-0.15, -0.1) is 0 Å². The van der Waals surface area contributed by atoms with E-state index in [9.17, 15) is 5.11 Å². The van der Waals surface area contributed by atoms with Gasteiger partial charge in [0, 0.05) is 18.1 Å². The second kappa shape index (κ2) is 6.71. The number of piperidine rings is 1. The van der Waals surface area contributed by atoms with Gasteiger partial charge in [0.2, 0.25) is 0 Å². The van der Waals surface area contributed by atoms with Crippen LogP contribution in [-0.4, -0.2) is 23.2 Å². The molecule has 2 heterocycles. The molecule has 24 heavy (non-hydrogen) atoms. The average molecular weight is 359 g/mol. The van der Waals surface area contributed by atoms with Gasteiger partial charge in [0.1, 0.15) is 0 Å². The molecule has 3 aromatic rings. The minimum absolute atomic E-state index is 0.289. The number of rotatable bonds is 3. The molecule has 0 spiro atoms. The van der Waals surface area contributed by atoms with Crippen LogP contribution >= 0.6 is 22.9 Å². The summed E-state index contributed by atoms with van der Waals surface area (Å²) in [5.74, 6) is 0.289. The molecule has 1 N–H and O–H groups in total. The zero-order valence-corrected chi connectivity index (χ0v) is 14.8. The van der Waals surface area contributed by atoms with Crippen LogP contribution in [0.3, 0.4) is 0 Å². The lowest BCUT2D eigenvalue weighted by molar-refractivity contribution is 0.0930. The van der Waals surface area contributed by atoms with Crippen molar-refractivity contribution in [2.24, 2.45) is 5.92 Å². The van der Waals surface area contributed by atoms with Crippen LogP contribution in [0, 0.1) is 5.92 Å². The standard InChI is InChI=1S/C19H19ClN2OS/c20-15-7-5-13(6-8-15)18(23)14-9-11-22(12-10-14)19-21-16-3-1-2-4-17(16)24-19/h1-8,14,18,23H,9-12H2. The van der Waals surface area contributed by atoms with E-state index in [0.29, 0.717) is 5.02 Å². The van der Waals surface area contributed by atoms with E-state index in [1.807, 2.05) is 30.3 Å². The molecule has 1 unspecified atom stereocenters. The predicted octanol–water partition coefficient (Wildman–Crippen LogP) is 4.90. The molecule has 0 aliphatic carbocycles. The Balaban J connectivity index is 1.43. The molecule has 124 valence electrons. The van der Waals surface area contributed by atoms with Gasteiger partial charge in [-0.3, -0.25) is 0 Å². The molecule has 1 saturated heterocycles. The fourth-order valence-electron chi connectivity index (χ4n) is 3.33. The number of fused-ring (bicyclic) bond motifs is 1. The number of hydrogen-bond acceptors (Lipinski definition) is 4. The largest absolute Gasteiger partial charge is 0.388 e. The van der Waals surface area contributed by atoms with Crippen LogP contribution in [0.5, 0.6) is 0 Å². The third-order valence-corrected chi connectivity index (χ3v) is 6.10. The smallest absolute Gasteiger partial charge is 0.186 e. The van der Waals surface area contributed by atoms with Crippen LogP contribution in [0.15, 0.2) is 48.5 Å². The van der Waals surface area contributed by atoms with E-state index in [1.54, 1.807) is 11.3 Å². The maximum absolute atomic E-state index is 10.6. The Morgan fingerprint density at radius 2 is 1.79 bits per heavy atom. The SMILES string of the molecule is OC(c1ccc(Cl)cc1)C1CCN(c2nc3ccccc3s2)CC1. The van der Waals surface area contributed by atoms with Gasteiger partial charge in [-0.1, -0.05) is 47.2 Å². The first-order valence-corrected chi connectivity index (χ1v) is 9.44. The van der Waals surface area contributed by atoms with E-state index in [0.717, 1.165) is 42.1 Å². The Labute approximate surface area is 150 Å². The number of para-hydroxylation sites is 1. The highest BCUT2D eigenvalue weighted by Gasteiger charge is 2.27. The molecule has 0 saturated carbocycles. The van der Waals surface area contributed by atoms with Gasteiger partial charge in [0.15, 0.2) is 5.13 Å². The monoisotopic (exact) mass is 358 g/mol. The third-order valence-electron chi connectivity index (χ3n) is 4.75. The number of hydrogen-bond donors (Lipinski definition) is 1. The molecule has 4 rings (SSSR count). The van der Waals surface area contributed by atoms with Crippen molar-refractivity contribution < 1.29 is 5.11 Å². The normalized spacial score (nSPS) is 17.3. The van der Waals surface area contributed by atoms with Gasteiger partial charge in [0.05, 0.1) is 16.3 Å². The van der Waals surface area contributed by atoms with Crippen molar-refractivity contribution in [3.63, 3.8) is 0 Å². The summed E-state index contributed by atoms with van der Waals surface area (Å²) in [6, 6.07) is 15.8. The van der Waals surface area contributed by atoms with E-state index in [-0.39, 0.29) is 5.92 Å². The van der Waals surface area contributed by atoms with Gasteiger partial charge in [-0.05, 0) is 48.6 Å². The van der Waals surface area contributed by atoms with Crippen LogP contribution in [0.4, 0.5) is 5.13 Å². The molecule has 3 nitrogen and oxygen atoms in total. The van der Waals surface area contributed by atoms with Crippen molar-refractivity contribution in [3.8, 4) is 0 Å². The van der Waals surface area contributed by atoms with E-state index < -0.39 is 6.10 Å². The number of benzene rings is 2. The molecule has 0 bridgehead atoms. The highest BCUT2D eigenvalue weighted by Crippen LogP contribution is 2.35. The van der Waals surface area contributed by atoms with Gasteiger partial charge in [-0.25, -0.2) is 4.98 Å². The predicted molar refractivity (Wildman–Crippen MR) is 101 cm³/mol. The molecule has 2 aromatic carbocycles. The molecule has 1 atom stereocenters. The Hall–Kier alpha value is -1.62. The molecular weight excluding hydrogens is 340 g/mol. The van der Waals surface area contributed by atoms with E-state index in [1.165, 1.54) is 4.70 Å². The molecule has 1 aliphatic heterocycles. The van der Waals surface area contributed by atoms with Crippen LogP contribution in [-0.2, 0) is 0 Å². The Bertz CT molecular complexity index is 792. The van der Waals surface area contributed by atoms with Crippen LogP contribution in [0.25, 0.3) is 10.2 Å². The summed E-state index contributed by atoms with van der Waals surface area (Å²) in [6.45, 7) is 1.88. The number of halogens is 1. The van der Waals surface area contributed by atoms with E-state index in [4.69, 9.17) is 16.6 Å². The minimum atomic E-state index is -0.417. The maximum atomic E-state index is 10.6. The van der Waals surface area contributed by atoms with Gasteiger partial charge in [0.25, 0.3) is 0 Å². The number of aliphatic hydroxyl groups excluding tert-OH is 1. The highest BCUT2D eigenvalue weighted by molar-refractivity contribution is 7.22.